The number of rotatable bonds is 3. The second kappa shape index (κ2) is 6.51. The summed E-state index contributed by atoms with van der Waals surface area (Å²) < 4.78 is 11.2. The van der Waals surface area contributed by atoms with Crippen molar-refractivity contribution in [3.63, 3.8) is 0 Å². The highest BCUT2D eigenvalue weighted by atomic mass is 32.2. The summed E-state index contributed by atoms with van der Waals surface area (Å²) in [7, 11) is -0.873. The predicted molar refractivity (Wildman–Crippen MR) is 74.8 cm³/mol. The molecule has 20 heavy (non-hydrogen) atoms. The van der Waals surface area contributed by atoms with E-state index in [2.05, 4.69) is 5.32 Å². The van der Waals surface area contributed by atoms with Gasteiger partial charge in [-0.05, 0) is 5.56 Å². The molecule has 1 fully saturated rings. The van der Waals surface area contributed by atoms with Crippen molar-refractivity contribution in [3.8, 4) is 0 Å². The first kappa shape index (κ1) is 14.5. The molecule has 0 radical (unpaired) electrons. The number of carboxylic acids is 1. The van der Waals surface area contributed by atoms with Crippen LogP contribution in [0.15, 0.2) is 30.3 Å². The Morgan fingerprint density at radius 2 is 1.80 bits per heavy atom. The van der Waals surface area contributed by atoms with Gasteiger partial charge in [0, 0.05) is 35.4 Å². The summed E-state index contributed by atoms with van der Waals surface area (Å²) in [6.45, 7) is 0.777. The monoisotopic (exact) mass is 296 g/mol. The van der Waals surface area contributed by atoms with Crippen molar-refractivity contribution in [2.24, 2.45) is 0 Å². The molecule has 6 nitrogen and oxygen atoms in total. The Balaban J connectivity index is 2.03. The first-order valence-corrected chi connectivity index (χ1v) is 7.75. The van der Waals surface area contributed by atoms with Gasteiger partial charge in [0.05, 0.1) is 0 Å². The third kappa shape index (κ3) is 3.57. The average molecular weight is 296 g/mol. The Labute approximate surface area is 119 Å². The lowest BCUT2D eigenvalue weighted by atomic mass is 10.1. The van der Waals surface area contributed by atoms with Crippen LogP contribution in [-0.2, 0) is 15.6 Å². The van der Waals surface area contributed by atoms with Crippen molar-refractivity contribution in [1.29, 1.82) is 0 Å². The van der Waals surface area contributed by atoms with Crippen LogP contribution < -0.4 is 5.32 Å². The predicted octanol–water partition coefficient (Wildman–Crippen LogP) is 0.586. The minimum atomic E-state index is -1.11. The molecule has 1 aromatic rings. The SMILES string of the molecule is O=C(O)C(NC(=O)N1CCS(=O)CC1)c1ccccc1. The fourth-order valence-electron chi connectivity index (χ4n) is 1.99. The van der Waals surface area contributed by atoms with Crippen molar-refractivity contribution in [3.05, 3.63) is 35.9 Å². The van der Waals surface area contributed by atoms with Crippen LogP contribution in [0.4, 0.5) is 4.79 Å². The number of carboxylic acid groups (broad SMARTS) is 1. The number of hydrogen-bond acceptors (Lipinski definition) is 3. The van der Waals surface area contributed by atoms with Gasteiger partial charge >= 0.3 is 12.0 Å². The van der Waals surface area contributed by atoms with Gasteiger partial charge in [-0.15, -0.1) is 0 Å². The van der Waals surface area contributed by atoms with Crippen molar-refractivity contribution < 1.29 is 18.9 Å². The summed E-state index contributed by atoms with van der Waals surface area (Å²) in [6, 6.07) is 7.04. The average Bonchev–Trinajstić information content (AvgIpc) is 2.46. The first-order chi connectivity index (χ1) is 9.58. The van der Waals surface area contributed by atoms with Gasteiger partial charge in [0.25, 0.3) is 0 Å². The summed E-state index contributed by atoms with van der Waals surface area (Å²) in [5.41, 5.74) is 0.522. The van der Waals surface area contributed by atoms with Crippen molar-refractivity contribution in [2.75, 3.05) is 24.6 Å². The maximum absolute atomic E-state index is 12.0. The van der Waals surface area contributed by atoms with Crippen LogP contribution in [0, 0.1) is 0 Å². The van der Waals surface area contributed by atoms with E-state index in [1.54, 1.807) is 30.3 Å². The Morgan fingerprint density at radius 1 is 1.20 bits per heavy atom. The number of nitrogens with one attached hydrogen (secondary N) is 1. The maximum Gasteiger partial charge on any atom is 0.330 e. The van der Waals surface area contributed by atoms with Crippen molar-refractivity contribution >= 4 is 22.8 Å². The molecule has 0 saturated carbocycles. The molecular formula is C13H16N2O4S. The lowest BCUT2D eigenvalue weighted by Gasteiger charge is -2.28. The lowest BCUT2D eigenvalue weighted by molar-refractivity contribution is -0.139. The van der Waals surface area contributed by atoms with Gasteiger partial charge in [0.1, 0.15) is 0 Å². The Hall–Kier alpha value is -1.89. The van der Waals surface area contributed by atoms with Gasteiger partial charge in [-0.25, -0.2) is 9.59 Å². The largest absolute Gasteiger partial charge is 0.479 e. The van der Waals surface area contributed by atoms with Crippen LogP contribution in [0.1, 0.15) is 11.6 Å². The van der Waals surface area contributed by atoms with Crippen LogP contribution in [0.5, 0.6) is 0 Å². The molecule has 1 saturated heterocycles. The number of carbonyl (C=O) groups excluding carboxylic acids is 1. The standard InChI is InChI=1S/C13H16N2O4S/c16-12(17)11(10-4-2-1-3-5-10)14-13(18)15-6-8-20(19)9-7-15/h1-5,11H,6-9H2,(H,14,18)(H,16,17). The van der Waals surface area contributed by atoms with E-state index in [4.69, 9.17) is 0 Å². The molecule has 1 aromatic carbocycles. The lowest BCUT2D eigenvalue weighted by Crippen LogP contribution is -2.48. The number of benzene rings is 1. The van der Waals surface area contributed by atoms with Crippen molar-refractivity contribution in [1.82, 2.24) is 10.2 Å². The molecule has 1 unspecified atom stereocenters. The second-order valence-electron chi connectivity index (χ2n) is 4.47. The Kier molecular flexibility index (Phi) is 4.73. The van der Waals surface area contributed by atoms with Gasteiger partial charge in [0.15, 0.2) is 6.04 Å². The molecule has 2 N–H and O–H groups in total. The van der Waals surface area contributed by atoms with E-state index in [1.807, 2.05) is 0 Å². The van der Waals surface area contributed by atoms with Gasteiger partial charge in [0.2, 0.25) is 0 Å². The molecule has 108 valence electrons. The zero-order valence-electron chi connectivity index (χ0n) is 10.8. The number of aliphatic carboxylic acids is 1. The molecule has 0 bridgehead atoms. The van der Waals surface area contributed by atoms with E-state index in [0.717, 1.165) is 0 Å². The van der Waals surface area contributed by atoms with E-state index in [0.29, 0.717) is 30.2 Å². The van der Waals surface area contributed by atoms with Crippen LogP contribution >= 0.6 is 0 Å². The van der Waals surface area contributed by atoms with Crippen LogP contribution in [0.3, 0.4) is 0 Å². The highest BCUT2D eigenvalue weighted by Crippen LogP contribution is 2.13. The minimum absolute atomic E-state index is 0.388. The van der Waals surface area contributed by atoms with E-state index in [9.17, 15) is 18.9 Å². The van der Waals surface area contributed by atoms with Crippen LogP contribution in [0.25, 0.3) is 0 Å². The highest BCUT2D eigenvalue weighted by Gasteiger charge is 2.26. The smallest absolute Gasteiger partial charge is 0.330 e. The van der Waals surface area contributed by atoms with Gasteiger partial charge in [-0.2, -0.15) is 0 Å². The fourth-order valence-corrected chi connectivity index (χ4v) is 3.04. The molecule has 0 spiro atoms. The molecule has 0 aliphatic carbocycles. The molecular weight excluding hydrogens is 280 g/mol. The molecule has 7 heteroatoms. The first-order valence-electron chi connectivity index (χ1n) is 6.26. The quantitative estimate of drug-likeness (QED) is 0.854. The van der Waals surface area contributed by atoms with Gasteiger partial charge in [-0.3, -0.25) is 4.21 Å². The van der Waals surface area contributed by atoms with E-state index < -0.39 is 28.8 Å². The van der Waals surface area contributed by atoms with E-state index in [-0.39, 0.29) is 0 Å². The van der Waals surface area contributed by atoms with E-state index in [1.165, 1.54) is 4.90 Å². The summed E-state index contributed by atoms with van der Waals surface area (Å²) >= 11 is 0. The molecule has 2 rings (SSSR count). The zero-order chi connectivity index (χ0) is 14.5. The molecule has 0 aromatic heterocycles. The number of hydrogen-bond donors (Lipinski definition) is 2. The Bertz CT molecular complexity index is 510. The summed E-state index contributed by atoms with van der Waals surface area (Å²) in [5, 5.41) is 11.7. The normalized spacial score (nSPS) is 17.5. The van der Waals surface area contributed by atoms with Crippen LogP contribution in [0.2, 0.25) is 0 Å². The fraction of sp³-hybridized carbons (Fsp3) is 0.385. The van der Waals surface area contributed by atoms with Crippen LogP contribution in [-0.4, -0.2) is 50.8 Å². The Morgan fingerprint density at radius 3 is 2.35 bits per heavy atom. The molecule has 1 aliphatic rings. The molecule has 2 amide bonds. The van der Waals surface area contributed by atoms with E-state index >= 15 is 0 Å². The summed E-state index contributed by atoms with van der Waals surface area (Å²) in [6.07, 6.45) is 0. The summed E-state index contributed by atoms with van der Waals surface area (Å²) in [4.78, 5) is 24.8. The highest BCUT2D eigenvalue weighted by molar-refractivity contribution is 7.85. The third-order valence-electron chi connectivity index (χ3n) is 3.11. The summed E-state index contributed by atoms with van der Waals surface area (Å²) in [5.74, 6) is -0.224. The molecule has 1 aliphatic heterocycles. The van der Waals surface area contributed by atoms with Crippen molar-refractivity contribution in [2.45, 2.75) is 6.04 Å². The topological polar surface area (TPSA) is 86.7 Å². The molecule has 1 heterocycles. The zero-order valence-corrected chi connectivity index (χ0v) is 11.6. The van der Waals surface area contributed by atoms with Gasteiger partial charge < -0.3 is 15.3 Å². The second-order valence-corrected chi connectivity index (χ2v) is 6.16. The number of urea groups is 1. The molecule has 1 atom stereocenters. The maximum atomic E-state index is 12.0. The number of amides is 2. The third-order valence-corrected chi connectivity index (χ3v) is 4.39. The van der Waals surface area contributed by atoms with Gasteiger partial charge in [-0.1, -0.05) is 30.3 Å². The number of nitrogens with zero attached hydrogens (tertiary/aromatic N) is 1. The minimum Gasteiger partial charge on any atom is -0.479 e. The number of carbonyl (C=O) groups is 2.